The Hall–Kier alpha value is -2.32. The zero-order chi connectivity index (χ0) is 26.5. The van der Waals surface area contributed by atoms with Crippen molar-refractivity contribution in [1.82, 2.24) is 4.72 Å². The Bertz CT molecular complexity index is 1130. The second-order valence-corrected chi connectivity index (χ2v) is 14.1. The van der Waals surface area contributed by atoms with Gasteiger partial charge in [0.05, 0.1) is 11.9 Å². The molecule has 0 fully saturated rings. The predicted molar refractivity (Wildman–Crippen MR) is 136 cm³/mol. The van der Waals surface area contributed by atoms with E-state index in [0.717, 1.165) is 23.0 Å². The molecule has 0 aliphatic carbocycles. The number of urea groups is 1. The van der Waals surface area contributed by atoms with Gasteiger partial charge in [0.25, 0.3) is 10.0 Å². The first kappa shape index (κ1) is 27.9. The second kappa shape index (κ2) is 8.72. The highest BCUT2D eigenvalue weighted by atomic mass is 32.2. The highest BCUT2D eigenvalue weighted by Gasteiger charge is 2.31. The normalized spacial score (nSPS) is 13.6. The van der Waals surface area contributed by atoms with Crippen LogP contribution in [0.3, 0.4) is 0 Å². The molecule has 1 heterocycles. The molecule has 0 spiro atoms. The van der Waals surface area contributed by atoms with Gasteiger partial charge in [0.2, 0.25) is 5.09 Å². The van der Waals surface area contributed by atoms with E-state index in [9.17, 15) is 18.3 Å². The van der Waals surface area contributed by atoms with E-state index in [1.165, 1.54) is 19.9 Å². The van der Waals surface area contributed by atoms with Gasteiger partial charge in [0.1, 0.15) is 0 Å². The second-order valence-electron chi connectivity index (χ2n) is 12.5. The number of sulfonamides is 1. The Morgan fingerprint density at radius 3 is 1.62 bits per heavy atom. The summed E-state index contributed by atoms with van der Waals surface area (Å²) in [6, 6.07) is 4.48. The summed E-state index contributed by atoms with van der Waals surface area (Å²) >= 11 is 0. The van der Waals surface area contributed by atoms with Crippen molar-refractivity contribution in [1.29, 1.82) is 0 Å². The Labute approximate surface area is 204 Å². The molecule has 0 bridgehead atoms. The smallest absolute Gasteiger partial charge is 0.333 e. The van der Waals surface area contributed by atoms with E-state index in [0.29, 0.717) is 5.69 Å². The molecule has 7 nitrogen and oxygen atoms in total. The summed E-state index contributed by atoms with van der Waals surface area (Å²) in [6.45, 7) is 21.8. The maximum atomic E-state index is 13.0. The maximum absolute atomic E-state index is 13.0. The molecule has 2 amide bonds. The molecule has 8 heteroatoms. The van der Waals surface area contributed by atoms with Crippen molar-refractivity contribution in [3.8, 4) is 0 Å². The fraction of sp³-hybridized carbons (Fsp3) is 0.577. The number of carbonyl (C=O) groups excluding carboxylic acids is 1. The van der Waals surface area contributed by atoms with E-state index < -0.39 is 26.7 Å². The summed E-state index contributed by atoms with van der Waals surface area (Å²) in [5, 5.41) is 12.4. The third-order valence-electron chi connectivity index (χ3n) is 5.63. The molecule has 1 aromatic carbocycles. The van der Waals surface area contributed by atoms with Gasteiger partial charge in [-0.1, -0.05) is 74.4 Å². The standard InChI is InChI=1S/C26H40N2O5S/c1-23(2,3)16-12-18(24(4,5)6)21(19(13-16)25(7,8)9)27-22(29)28-34(31,32)20-14-17(15-33-20)26(10,11)30/h12-15,30H,1-11H3,(H2,27,28,29). The summed E-state index contributed by atoms with van der Waals surface area (Å²) in [7, 11) is -4.29. The van der Waals surface area contributed by atoms with Crippen LogP contribution in [0.1, 0.15) is 98.4 Å². The molecule has 1 aromatic heterocycles. The van der Waals surface area contributed by atoms with Crippen molar-refractivity contribution >= 4 is 21.7 Å². The monoisotopic (exact) mass is 492 g/mol. The summed E-state index contributed by atoms with van der Waals surface area (Å²) in [4.78, 5) is 13.0. The number of hydrogen-bond donors (Lipinski definition) is 3. The van der Waals surface area contributed by atoms with Crippen molar-refractivity contribution in [3.63, 3.8) is 0 Å². The lowest BCUT2D eigenvalue weighted by molar-refractivity contribution is 0.0779. The van der Waals surface area contributed by atoms with Crippen molar-refractivity contribution in [2.45, 2.75) is 103 Å². The molecule has 34 heavy (non-hydrogen) atoms. The third kappa shape index (κ3) is 6.42. The van der Waals surface area contributed by atoms with Crippen LogP contribution in [0.5, 0.6) is 0 Å². The van der Waals surface area contributed by atoms with Gasteiger partial charge < -0.3 is 14.8 Å². The summed E-state index contributed by atoms with van der Waals surface area (Å²) in [5.74, 6) is 0. The highest BCUT2D eigenvalue weighted by Crippen LogP contribution is 2.41. The van der Waals surface area contributed by atoms with E-state index in [1.54, 1.807) is 0 Å². The molecular formula is C26H40N2O5S. The summed E-state index contributed by atoms with van der Waals surface area (Å²) in [6.07, 6.45) is 1.16. The van der Waals surface area contributed by atoms with Gasteiger partial charge in [-0.3, -0.25) is 0 Å². The van der Waals surface area contributed by atoms with E-state index in [2.05, 4.69) is 79.8 Å². The average molecular weight is 493 g/mol. The number of hydrogen-bond acceptors (Lipinski definition) is 5. The Morgan fingerprint density at radius 1 is 0.794 bits per heavy atom. The summed E-state index contributed by atoms with van der Waals surface area (Å²) in [5.41, 5.74) is 1.83. The number of nitrogens with one attached hydrogen (secondary N) is 2. The number of carbonyl (C=O) groups is 1. The van der Waals surface area contributed by atoms with Gasteiger partial charge >= 0.3 is 6.03 Å². The van der Waals surface area contributed by atoms with Crippen LogP contribution in [-0.2, 0) is 31.9 Å². The maximum Gasteiger partial charge on any atom is 0.333 e. The van der Waals surface area contributed by atoms with Gasteiger partial charge in [-0.25, -0.2) is 9.52 Å². The molecule has 0 aliphatic rings. The minimum absolute atomic E-state index is 0.110. The topological polar surface area (TPSA) is 109 Å². The average Bonchev–Trinajstić information content (AvgIpc) is 3.09. The Balaban J connectivity index is 2.53. The summed E-state index contributed by atoms with van der Waals surface area (Å²) < 4.78 is 32.7. The van der Waals surface area contributed by atoms with Crippen LogP contribution in [-0.4, -0.2) is 19.6 Å². The molecule has 0 saturated carbocycles. The van der Waals surface area contributed by atoms with Crippen molar-refractivity contribution in [2.75, 3.05) is 5.32 Å². The molecule has 0 unspecified atom stereocenters. The number of benzene rings is 1. The zero-order valence-corrected chi connectivity index (χ0v) is 23.1. The van der Waals surface area contributed by atoms with E-state index in [-0.39, 0.29) is 21.8 Å². The number of anilines is 1. The first-order chi connectivity index (χ1) is 15.0. The first-order valence-corrected chi connectivity index (χ1v) is 12.9. The van der Waals surface area contributed by atoms with Crippen LogP contribution < -0.4 is 10.0 Å². The molecule has 190 valence electrons. The molecule has 0 saturated heterocycles. The molecule has 0 aliphatic heterocycles. The van der Waals surface area contributed by atoms with Crippen molar-refractivity contribution in [2.24, 2.45) is 0 Å². The third-order valence-corrected chi connectivity index (χ3v) is 6.83. The van der Waals surface area contributed by atoms with E-state index >= 15 is 0 Å². The van der Waals surface area contributed by atoms with Crippen LogP contribution in [0.2, 0.25) is 0 Å². The lowest BCUT2D eigenvalue weighted by Crippen LogP contribution is -2.36. The van der Waals surface area contributed by atoms with Gasteiger partial charge in [-0.2, -0.15) is 8.42 Å². The van der Waals surface area contributed by atoms with Gasteiger partial charge in [-0.15, -0.1) is 0 Å². The van der Waals surface area contributed by atoms with Crippen LogP contribution in [0.4, 0.5) is 10.5 Å². The number of rotatable bonds is 4. The SMILES string of the molecule is CC(C)(C)c1cc(C(C)(C)C)c(NC(=O)NS(=O)(=O)c2cc(C(C)(C)O)co2)c(C(C)(C)C)c1. The van der Waals surface area contributed by atoms with Crippen molar-refractivity contribution < 1.29 is 22.7 Å². The van der Waals surface area contributed by atoms with Crippen LogP contribution >= 0.6 is 0 Å². The quantitative estimate of drug-likeness (QED) is 0.492. The van der Waals surface area contributed by atoms with Crippen molar-refractivity contribution in [3.05, 3.63) is 46.7 Å². The molecule has 0 atom stereocenters. The minimum Gasteiger partial charge on any atom is -0.451 e. The lowest BCUT2D eigenvalue weighted by Gasteiger charge is -2.33. The van der Waals surface area contributed by atoms with E-state index in [4.69, 9.17) is 4.42 Å². The van der Waals surface area contributed by atoms with Gasteiger partial charge in [-0.05, 0) is 46.8 Å². The number of aliphatic hydroxyl groups is 1. The number of furan rings is 1. The molecule has 2 aromatic rings. The lowest BCUT2D eigenvalue weighted by atomic mass is 9.74. The zero-order valence-electron chi connectivity index (χ0n) is 22.3. The van der Waals surface area contributed by atoms with Crippen LogP contribution in [0.15, 0.2) is 34.0 Å². The Morgan fingerprint density at radius 2 is 1.26 bits per heavy atom. The predicted octanol–water partition coefficient (Wildman–Crippen LogP) is 5.91. The molecular weight excluding hydrogens is 452 g/mol. The number of amides is 2. The van der Waals surface area contributed by atoms with E-state index in [1.807, 2.05) is 4.72 Å². The molecule has 2 rings (SSSR count). The van der Waals surface area contributed by atoms with Crippen LogP contribution in [0, 0.1) is 0 Å². The molecule has 0 radical (unpaired) electrons. The fourth-order valence-electron chi connectivity index (χ4n) is 3.48. The van der Waals surface area contributed by atoms with Crippen LogP contribution in [0.25, 0.3) is 0 Å². The fourth-order valence-corrected chi connectivity index (χ4v) is 4.34. The largest absolute Gasteiger partial charge is 0.451 e. The van der Waals surface area contributed by atoms with Gasteiger partial charge in [0, 0.05) is 17.3 Å². The highest BCUT2D eigenvalue weighted by molar-refractivity contribution is 7.89. The van der Waals surface area contributed by atoms with Gasteiger partial charge in [0.15, 0.2) is 0 Å². The Kier molecular flexibility index (Phi) is 7.16. The first-order valence-electron chi connectivity index (χ1n) is 11.4. The molecule has 3 N–H and O–H groups in total. The minimum atomic E-state index is -4.29.